The minimum Gasteiger partial charge on any atom is -0.388 e. The summed E-state index contributed by atoms with van der Waals surface area (Å²) in [4.78, 5) is 155. The van der Waals surface area contributed by atoms with Crippen molar-refractivity contribution in [1.29, 1.82) is 5.26 Å². The van der Waals surface area contributed by atoms with Crippen molar-refractivity contribution in [2.75, 3.05) is 164 Å². The molecule has 2 aromatic carbocycles. The molecule has 15 heterocycles. The summed E-state index contributed by atoms with van der Waals surface area (Å²) in [5.74, 6) is 0.202. The van der Waals surface area contributed by atoms with Gasteiger partial charge in [0.25, 0.3) is 22.9 Å². The van der Waals surface area contributed by atoms with Gasteiger partial charge in [-0.1, -0.05) is 84.9 Å². The van der Waals surface area contributed by atoms with Crippen LogP contribution in [0.5, 0.6) is 0 Å². The molecule has 10 saturated heterocycles. The van der Waals surface area contributed by atoms with Crippen molar-refractivity contribution in [1.82, 2.24) is 73.1 Å². The number of hydrogen-bond acceptors (Lipinski definition) is 38. The van der Waals surface area contributed by atoms with Crippen molar-refractivity contribution in [2.45, 2.75) is 195 Å². The van der Waals surface area contributed by atoms with Crippen molar-refractivity contribution < 1.29 is 100 Å². The highest BCUT2D eigenvalue weighted by atomic mass is 31.2. The number of ether oxygens (including phenoxy) is 10. The number of carbonyl (C=O) groups excluding carboxylic acids is 2. The maximum Gasteiger partial charge on any atom is 0.351 e. The number of H-pyrrole nitrogens is 2. The lowest BCUT2D eigenvalue weighted by atomic mass is 9.88. The smallest absolute Gasteiger partial charge is 0.351 e. The minimum atomic E-state index is -1.31. The van der Waals surface area contributed by atoms with Crippen LogP contribution in [-0.4, -0.2) is 319 Å². The highest BCUT2D eigenvalue weighted by Crippen LogP contribution is 2.57. The van der Waals surface area contributed by atoms with Crippen molar-refractivity contribution >= 4 is 37.6 Å². The Bertz CT molecular complexity index is 5590. The number of nitrogens with two attached hydrogens (primary N) is 1. The van der Waals surface area contributed by atoms with E-state index in [2.05, 4.69) is 69.3 Å². The molecule has 47 nitrogen and oxygen atoms in total. The normalized spacial score (nSPS) is 29.9. The number of fused-ring (bicyclic) bond motifs is 10. The van der Waals surface area contributed by atoms with Crippen LogP contribution in [0.1, 0.15) is 139 Å². The van der Waals surface area contributed by atoms with Gasteiger partial charge in [-0.25, -0.2) is 24.0 Å². The van der Waals surface area contributed by atoms with E-state index in [1.165, 1.54) is 59.6 Å². The number of nitrogens with one attached hydrogen (secondary N) is 4. The molecular formula is C90H126N19O28P. The van der Waals surface area contributed by atoms with Gasteiger partial charge in [0.15, 0.2) is 39.5 Å². The Morgan fingerprint density at radius 3 is 1.12 bits per heavy atom. The summed E-state index contributed by atoms with van der Waals surface area (Å²) in [6.07, 6.45) is 5.97. The number of anilines is 3. The summed E-state index contributed by atoms with van der Waals surface area (Å²) < 4.78 is 75.3. The lowest BCUT2D eigenvalue weighted by molar-refractivity contribution is -0.252. The Morgan fingerprint density at radius 1 is 0.442 bits per heavy atom. The number of benzene rings is 2. The third-order valence-electron chi connectivity index (χ3n) is 26.9. The monoisotopic (exact) mass is 1950 g/mol. The molecule has 0 radical (unpaired) electrons. The molecule has 17 rings (SSSR count). The van der Waals surface area contributed by atoms with E-state index < -0.39 is 132 Å². The van der Waals surface area contributed by atoms with Crippen LogP contribution in [-0.2, 0) is 80.6 Å². The molecule has 138 heavy (non-hydrogen) atoms. The van der Waals surface area contributed by atoms with Crippen LogP contribution in [0.25, 0.3) is 0 Å². The number of rotatable bonds is 39. The predicted octanol–water partition coefficient (Wildman–Crippen LogP) is 2.84. The molecule has 48 heteroatoms. The van der Waals surface area contributed by atoms with Crippen molar-refractivity contribution in [3.05, 3.63) is 206 Å². The number of aliphatic hydroxyl groups is 2. The van der Waals surface area contributed by atoms with E-state index in [-0.39, 0.29) is 77.4 Å². The number of morpholine rings is 5. The number of nitrogens with zero attached hydrogens (tertiary/aromatic N) is 14. The summed E-state index contributed by atoms with van der Waals surface area (Å²) in [5.41, 5.74) is -0.0794. The van der Waals surface area contributed by atoms with Crippen molar-refractivity contribution in [3.8, 4) is 6.07 Å². The second kappa shape index (κ2) is 47.1. The lowest BCUT2D eigenvalue weighted by Gasteiger charge is -2.36. The molecular weight excluding hydrogens is 1830 g/mol. The van der Waals surface area contributed by atoms with Gasteiger partial charge in [-0.3, -0.25) is 76.2 Å². The Morgan fingerprint density at radius 2 is 0.761 bits per heavy atom. The molecule has 1 unspecified atom stereocenters. The van der Waals surface area contributed by atoms with E-state index in [9.17, 15) is 53.4 Å². The van der Waals surface area contributed by atoms with Gasteiger partial charge in [0, 0.05) is 108 Å². The van der Waals surface area contributed by atoms with Crippen LogP contribution in [0.3, 0.4) is 0 Å². The standard InChI is InChI=1S/C25H32N5O7P.C21H26N4O6.C15H24N4O4.C15H23N3O5.C14H21N3O6/c1-4-25-17-30(34-16-15-33-2)20(21(25)37-38(3)35-14-8-12-26)23(36-25)29-13-11-19(28-24(29)32)27-22(31)18-9-6-5-7-10-18;1-3-21-13-25(30-12-11-29-2)16(17(21)26)19(31-21)24-10-9-15(23-20(24)28)22-18(27)14-7-5-4-6-8-14;1-4-15-9-19(22-8-7-21-3)12(10(15)2)13(23-15)18-6-5-11(16)17-14(18)20;1-4-15-9-18(22-8-7-21-3)12(10(15)2)13(23-15)17-6-5-11(19)16-14(17)20;1-3-14-8-17(22-7-6-21-2)10(11(14)19)12(23-14)16-5-4-9(18)15-13(16)20/h5-7,9-11,13,20-21,23H,4,8,14-17H2,1-3H3,(H,27,28,31,32);4-10,16-17,19,26H,3,11-13H2,1-2H3,(H,22,23,27,28);5-6,10,12-13H,4,7-9H2,1-3H3,(H2,16,17,20);5-6,10,12-13H,4,7-9H2,1-3H3,(H,16,19,20);4-5,10-12,19H,3,6-8H2,1-2H3,(H,15,18,20)/t20-,21+,23-,25+,38?;16-,17+,19-,21+;2*10-,12+,13+,15-;10-,11+,12-,14+/m11001/s1. The average molecular weight is 1950 g/mol. The van der Waals surface area contributed by atoms with E-state index in [1.807, 2.05) is 49.7 Å². The summed E-state index contributed by atoms with van der Waals surface area (Å²) >= 11 is 0. The number of aromatic nitrogens is 10. The zero-order valence-electron chi connectivity index (χ0n) is 79.6. The van der Waals surface area contributed by atoms with Crippen LogP contribution in [0.15, 0.2) is 156 Å². The number of hydrogen-bond donors (Lipinski definition) is 7. The van der Waals surface area contributed by atoms with Crippen LogP contribution < -0.4 is 55.9 Å². The number of methoxy groups -OCH3 is 5. The lowest BCUT2D eigenvalue weighted by Crippen LogP contribution is -2.48. The molecule has 2 amide bonds. The molecule has 7 aromatic rings. The Labute approximate surface area is 795 Å². The van der Waals surface area contributed by atoms with Crippen LogP contribution >= 0.6 is 8.38 Å². The first-order valence-electron chi connectivity index (χ1n) is 45.9. The number of amides is 2. The van der Waals surface area contributed by atoms with Crippen molar-refractivity contribution in [2.24, 2.45) is 11.8 Å². The molecule has 10 aliphatic rings. The second-order valence-corrected chi connectivity index (χ2v) is 35.8. The van der Waals surface area contributed by atoms with Crippen LogP contribution in [0, 0.1) is 23.2 Å². The molecule has 0 spiro atoms. The summed E-state index contributed by atoms with van der Waals surface area (Å²) in [6, 6.07) is 24.9. The molecule has 8 N–H and O–H groups in total. The number of nitrogen functional groups attached to an aromatic ring is 1. The number of hydroxylamine groups is 10. The number of aliphatic hydroxyl groups excluding tert-OH is 2. The summed E-state index contributed by atoms with van der Waals surface area (Å²) in [6.45, 7) is 23.1. The molecule has 10 bridgehead atoms. The summed E-state index contributed by atoms with van der Waals surface area (Å²) in [7, 11) is 6.71. The fourth-order valence-electron chi connectivity index (χ4n) is 19.3. The predicted molar refractivity (Wildman–Crippen MR) is 493 cm³/mol. The maximum atomic E-state index is 13.1. The van der Waals surface area contributed by atoms with E-state index in [0.717, 1.165) is 12.8 Å². The third-order valence-corrected chi connectivity index (χ3v) is 27.9. The molecule has 10 aliphatic heterocycles. The minimum absolute atomic E-state index is 0.0464. The Hall–Kier alpha value is -9.86. The highest BCUT2D eigenvalue weighted by molar-refractivity contribution is 7.46. The maximum absolute atomic E-state index is 13.1. The molecule has 10 fully saturated rings. The number of aromatic amines is 2. The zero-order valence-corrected chi connectivity index (χ0v) is 80.5. The molecule has 21 atom stereocenters. The van der Waals surface area contributed by atoms with Gasteiger partial charge in [-0.05, 0) is 74.6 Å². The fraction of sp³-hybridized carbons (Fsp3) is 0.611. The quantitative estimate of drug-likeness (QED) is 0.0215. The van der Waals surface area contributed by atoms with E-state index in [4.69, 9.17) is 91.6 Å². The number of nitriles is 1. The first-order valence-corrected chi connectivity index (χ1v) is 47.6. The van der Waals surface area contributed by atoms with E-state index in [0.29, 0.717) is 129 Å². The first kappa shape index (κ1) is 105. The van der Waals surface area contributed by atoms with Gasteiger partial charge in [0.05, 0.1) is 141 Å². The second-order valence-electron chi connectivity index (χ2n) is 34.5. The van der Waals surface area contributed by atoms with Crippen LogP contribution in [0.2, 0.25) is 0 Å². The SMILES string of the molecule is CC[C@@]12CN(OCCOC)[C@@H]([C@H](n3ccc(=O)[nH]c3=O)O1)[C@@H]2C.CC[C@@]12CN(OCCOC)[C@@H]([C@H](n3ccc(=O)[nH]c3=O)O1)[C@@H]2O.CC[C@@]12CN(OCCOC)[C@@H]([C@H](n3ccc(N)nc3=O)O1)[C@@H]2C.CC[C@@]12CN(OCCOC)[C@@H]([C@H](n3ccc(NC(=O)c4ccccc4)nc3=O)O1)[C@@H]2O.CC[C@@]12CN(OCCOC)[C@@H]([C@H](n3ccc(NC(=O)c4ccccc4)nc3=O)O1)[C@@H]2OP(C)OCCC#N. The first-order chi connectivity index (χ1) is 66.5. The summed E-state index contributed by atoms with van der Waals surface area (Å²) in [5, 5.41) is 44.5. The van der Waals surface area contributed by atoms with E-state index in [1.54, 1.807) is 124 Å². The van der Waals surface area contributed by atoms with Gasteiger partial charge < -0.3 is 83.0 Å². The number of carbonyl (C=O) groups is 2. The largest absolute Gasteiger partial charge is 0.388 e. The van der Waals surface area contributed by atoms with Gasteiger partial charge in [-0.2, -0.15) is 45.5 Å². The Kier molecular flexibility index (Phi) is 36.0. The van der Waals surface area contributed by atoms with Gasteiger partial charge in [-0.15, -0.1) is 0 Å². The van der Waals surface area contributed by atoms with Crippen molar-refractivity contribution in [3.63, 3.8) is 0 Å². The molecule has 754 valence electrons. The Balaban J connectivity index is 0.000000148. The fourth-order valence-corrected chi connectivity index (χ4v) is 20.3. The third kappa shape index (κ3) is 22.5. The van der Waals surface area contributed by atoms with Gasteiger partial charge in [0.2, 0.25) is 0 Å². The molecule has 5 aromatic heterocycles. The van der Waals surface area contributed by atoms with Crippen LogP contribution in [0.4, 0.5) is 17.5 Å². The molecule has 0 aliphatic carbocycles. The molecule has 0 saturated carbocycles. The topological polar surface area (TPSA) is 536 Å². The van der Waals surface area contributed by atoms with Gasteiger partial charge >= 0.3 is 28.4 Å². The van der Waals surface area contributed by atoms with E-state index >= 15 is 0 Å². The highest BCUT2D eigenvalue weighted by Gasteiger charge is 2.69. The zero-order chi connectivity index (χ0) is 99.0. The van der Waals surface area contributed by atoms with Gasteiger partial charge in [0.1, 0.15) is 70.7 Å². The average Bonchev–Trinajstić information content (AvgIpc) is 1.69.